The van der Waals surface area contributed by atoms with Gasteiger partial charge in [0.25, 0.3) is 0 Å². The minimum Gasteiger partial charge on any atom is -0.357 e. The molecular formula is C16H16ClN3. The Bertz CT molecular complexity index is 676. The Kier molecular flexibility index (Phi) is 3.42. The summed E-state index contributed by atoms with van der Waals surface area (Å²) in [4.78, 5) is 5.69. The van der Waals surface area contributed by atoms with Gasteiger partial charge in [-0.25, -0.2) is 0 Å². The van der Waals surface area contributed by atoms with Gasteiger partial charge in [0.1, 0.15) is 11.9 Å². The van der Waals surface area contributed by atoms with Crippen molar-refractivity contribution in [1.29, 1.82) is 5.26 Å². The van der Waals surface area contributed by atoms with Crippen molar-refractivity contribution in [3.8, 4) is 17.3 Å². The first kappa shape index (κ1) is 13.1. The van der Waals surface area contributed by atoms with Crippen molar-refractivity contribution < 1.29 is 0 Å². The number of hydrogen-bond acceptors (Lipinski definition) is 2. The third kappa shape index (κ3) is 2.17. The zero-order valence-corrected chi connectivity index (χ0v) is 12.2. The van der Waals surface area contributed by atoms with Crippen molar-refractivity contribution >= 4 is 17.4 Å². The average molecular weight is 286 g/mol. The molecule has 1 aliphatic heterocycles. The lowest BCUT2D eigenvalue weighted by atomic mass is 10.1. The van der Waals surface area contributed by atoms with Crippen LogP contribution < -0.4 is 4.90 Å². The summed E-state index contributed by atoms with van der Waals surface area (Å²) < 4.78 is 0. The molecule has 3 nitrogen and oxygen atoms in total. The maximum absolute atomic E-state index is 9.45. The van der Waals surface area contributed by atoms with E-state index in [0.29, 0.717) is 5.02 Å². The highest BCUT2D eigenvalue weighted by molar-refractivity contribution is 6.30. The standard InChI is InChI=1S/C16H16ClN3/c1-11-14(10-18)16(20-7-2-3-8-20)19-15(11)12-5-4-6-13(17)9-12/h4-6,9,19H,2-3,7-8H2,1H3. The van der Waals surface area contributed by atoms with Gasteiger partial charge in [0.15, 0.2) is 0 Å². The van der Waals surface area contributed by atoms with Gasteiger partial charge in [-0.1, -0.05) is 23.7 Å². The Morgan fingerprint density at radius 2 is 2.05 bits per heavy atom. The average Bonchev–Trinajstić information content (AvgIpc) is 3.05. The van der Waals surface area contributed by atoms with Crippen LogP contribution in [-0.2, 0) is 0 Å². The normalized spacial score (nSPS) is 14.6. The molecule has 1 saturated heterocycles. The number of halogens is 1. The SMILES string of the molecule is Cc1c(-c2cccc(Cl)c2)[nH]c(N2CCCC2)c1C#N. The lowest BCUT2D eigenvalue weighted by molar-refractivity contribution is 0.944. The van der Waals surface area contributed by atoms with Crippen LogP contribution in [0.2, 0.25) is 5.02 Å². The number of H-pyrrole nitrogens is 1. The Hall–Kier alpha value is -1.92. The van der Waals surface area contributed by atoms with Gasteiger partial charge in [-0.15, -0.1) is 0 Å². The van der Waals surface area contributed by atoms with Gasteiger partial charge in [-0.2, -0.15) is 5.26 Å². The third-order valence-corrected chi connectivity index (χ3v) is 4.11. The molecule has 0 unspecified atom stereocenters. The topological polar surface area (TPSA) is 42.8 Å². The van der Waals surface area contributed by atoms with Crippen molar-refractivity contribution in [2.24, 2.45) is 0 Å². The van der Waals surface area contributed by atoms with Gasteiger partial charge in [-0.05, 0) is 43.0 Å². The Morgan fingerprint density at radius 3 is 2.70 bits per heavy atom. The summed E-state index contributed by atoms with van der Waals surface area (Å²) in [5.41, 5.74) is 3.77. The van der Waals surface area contributed by atoms with Crippen LogP contribution in [0.1, 0.15) is 24.0 Å². The summed E-state index contributed by atoms with van der Waals surface area (Å²) in [6.07, 6.45) is 2.38. The van der Waals surface area contributed by atoms with Crippen LogP contribution >= 0.6 is 11.6 Å². The number of nitriles is 1. The molecule has 1 N–H and O–H groups in total. The second-order valence-corrected chi connectivity index (χ2v) is 5.60. The number of hydrogen-bond donors (Lipinski definition) is 1. The predicted molar refractivity (Wildman–Crippen MR) is 82.1 cm³/mol. The zero-order valence-electron chi connectivity index (χ0n) is 11.4. The van der Waals surface area contributed by atoms with E-state index in [0.717, 1.165) is 41.3 Å². The molecule has 1 aromatic heterocycles. The summed E-state index contributed by atoms with van der Waals surface area (Å²) >= 11 is 6.07. The van der Waals surface area contributed by atoms with E-state index >= 15 is 0 Å². The quantitative estimate of drug-likeness (QED) is 0.902. The monoisotopic (exact) mass is 285 g/mol. The second-order valence-electron chi connectivity index (χ2n) is 5.16. The highest BCUT2D eigenvalue weighted by atomic mass is 35.5. The molecule has 1 fully saturated rings. The molecule has 0 saturated carbocycles. The van der Waals surface area contributed by atoms with Crippen molar-refractivity contribution in [3.63, 3.8) is 0 Å². The van der Waals surface area contributed by atoms with Crippen molar-refractivity contribution in [1.82, 2.24) is 4.98 Å². The summed E-state index contributed by atoms with van der Waals surface area (Å²) in [6, 6.07) is 10.1. The molecule has 102 valence electrons. The fourth-order valence-corrected chi connectivity index (χ4v) is 3.01. The van der Waals surface area contributed by atoms with Crippen LogP contribution in [0.25, 0.3) is 11.3 Å². The second kappa shape index (κ2) is 5.22. The molecular weight excluding hydrogens is 270 g/mol. The molecule has 3 rings (SSSR count). The lowest BCUT2D eigenvalue weighted by Gasteiger charge is -2.15. The van der Waals surface area contributed by atoms with Crippen LogP contribution in [0.5, 0.6) is 0 Å². The van der Waals surface area contributed by atoms with Gasteiger partial charge >= 0.3 is 0 Å². The van der Waals surface area contributed by atoms with E-state index in [4.69, 9.17) is 11.6 Å². The number of aromatic nitrogens is 1. The van der Waals surface area contributed by atoms with Crippen LogP contribution in [0.3, 0.4) is 0 Å². The van der Waals surface area contributed by atoms with Gasteiger partial charge in [0.05, 0.1) is 11.3 Å². The number of rotatable bonds is 2. The minimum atomic E-state index is 0.706. The van der Waals surface area contributed by atoms with E-state index in [2.05, 4.69) is 16.0 Å². The molecule has 0 amide bonds. The molecule has 0 bridgehead atoms. The summed E-state index contributed by atoms with van der Waals surface area (Å²) in [5.74, 6) is 0.956. The Balaban J connectivity index is 2.11. The zero-order chi connectivity index (χ0) is 14.1. The highest BCUT2D eigenvalue weighted by Crippen LogP contribution is 2.34. The van der Waals surface area contributed by atoms with E-state index in [1.54, 1.807) is 0 Å². The van der Waals surface area contributed by atoms with Gasteiger partial charge < -0.3 is 9.88 Å². The first-order valence-electron chi connectivity index (χ1n) is 6.84. The molecule has 1 aliphatic rings. The van der Waals surface area contributed by atoms with E-state index in [9.17, 15) is 5.26 Å². The molecule has 0 aliphatic carbocycles. The van der Waals surface area contributed by atoms with Gasteiger partial charge in [0.2, 0.25) is 0 Å². The van der Waals surface area contributed by atoms with Gasteiger partial charge in [0, 0.05) is 18.1 Å². The number of nitrogens with one attached hydrogen (secondary N) is 1. The van der Waals surface area contributed by atoms with Crippen LogP contribution in [0.15, 0.2) is 24.3 Å². The minimum absolute atomic E-state index is 0.706. The van der Waals surface area contributed by atoms with Crippen molar-refractivity contribution in [2.45, 2.75) is 19.8 Å². The first-order chi connectivity index (χ1) is 9.70. The fraction of sp³-hybridized carbons (Fsp3) is 0.312. The lowest BCUT2D eigenvalue weighted by Crippen LogP contribution is -2.18. The molecule has 0 atom stereocenters. The maximum atomic E-state index is 9.45. The van der Waals surface area contributed by atoms with Crippen LogP contribution in [0.4, 0.5) is 5.82 Å². The summed E-state index contributed by atoms with van der Waals surface area (Å²) in [7, 11) is 0. The van der Waals surface area contributed by atoms with Crippen molar-refractivity contribution in [3.05, 3.63) is 40.4 Å². The molecule has 4 heteroatoms. The molecule has 0 radical (unpaired) electrons. The maximum Gasteiger partial charge on any atom is 0.124 e. The summed E-state index contributed by atoms with van der Waals surface area (Å²) in [6.45, 7) is 4.03. The molecule has 2 heterocycles. The molecule has 0 spiro atoms. The van der Waals surface area contributed by atoms with Crippen molar-refractivity contribution in [2.75, 3.05) is 18.0 Å². The number of aromatic amines is 1. The number of nitrogens with zero attached hydrogens (tertiary/aromatic N) is 2. The van der Waals surface area contributed by atoms with Crippen LogP contribution in [0, 0.1) is 18.3 Å². The molecule has 20 heavy (non-hydrogen) atoms. The molecule has 2 aromatic rings. The van der Waals surface area contributed by atoms with E-state index in [-0.39, 0.29) is 0 Å². The Morgan fingerprint density at radius 1 is 1.30 bits per heavy atom. The largest absolute Gasteiger partial charge is 0.357 e. The highest BCUT2D eigenvalue weighted by Gasteiger charge is 2.22. The Labute approximate surface area is 123 Å². The smallest absolute Gasteiger partial charge is 0.124 e. The van der Waals surface area contributed by atoms with Gasteiger partial charge in [-0.3, -0.25) is 0 Å². The third-order valence-electron chi connectivity index (χ3n) is 3.88. The van der Waals surface area contributed by atoms with E-state index < -0.39 is 0 Å². The number of benzene rings is 1. The summed E-state index contributed by atoms with van der Waals surface area (Å²) in [5, 5.41) is 10.2. The van der Waals surface area contributed by atoms with E-state index in [1.165, 1.54) is 12.8 Å². The fourth-order valence-electron chi connectivity index (χ4n) is 2.82. The predicted octanol–water partition coefficient (Wildman–Crippen LogP) is 4.12. The van der Waals surface area contributed by atoms with Crippen LogP contribution in [-0.4, -0.2) is 18.1 Å². The van der Waals surface area contributed by atoms with E-state index in [1.807, 2.05) is 31.2 Å². The number of anilines is 1. The first-order valence-corrected chi connectivity index (χ1v) is 7.22. The molecule has 1 aromatic carbocycles.